The van der Waals surface area contributed by atoms with E-state index in [1.54, 1.807) is 0 Å². The molecule has 0 aliphatic heterocycles. The highest BCUT2D eigenvalue weighted by molar-refractivity contribution is 6.28. The van der Waals surface area contributed by atoms with E-state index in [0.29, 0.717) is 0 Å². The number of nitrogen functional groups attached to an aromatic ring is 1. The summed E-state index contributed by atoms with van der Waals surface area (Å²) in [6.45, 7) is -0.220. The molecule has 6 nitrogen and oxygen atoms in total. The van der Waals surface area contributed by atoms with E-state index in [9.17, 15) is 8.78 Å². The highest BCUT2D eigenvalue weighted by Gasteiger charge is 2.03. The minimum atomic E-state index is -2.47. The van der Waals surface area contributed by atoms with Gasteiger partial charge in [-0.25, -0.2) is 8.78 Å². The molecule has 1 aromatic heterocycles. The number of hydrogen-bond donors (Lipinski definition) is 2. The Morgan fingerprint density at radius 2 is 2.12 bits per heavy atom. The molecule has 9 heteroatoms. The Hall–Kier alpha value is -1.28. The molecule has 0 atom stereocenters. The van der Waals surface area contributed by atoms with Gasteiger partial charge in [-0.2, -0.15) is 15.0 Å². The Labute approximate surface area is 95.2 Å². The van der Waals surface area contributed by atoms with Crippen molar-refractivity contribution in [1.82, 2.24) is 15.0 Å². The van der Waals surface area contributed by atoms with Crippen LogP contribution in [-0.4, -0.2) is 41.1 Å². The summed E-state index contributed by atoms with van der Waals surface area (Å²) in [5.41, 5.74) is 5.31. The Balaban J connectivity index is 2.26. The monoisotopic (exact) mass is 253 g/mol. The number of ether oxygens (including phenoxy) is 1. The van der Waals surface area contributed by atoms with Crippen LogP contribution >= 0.6 is 11.6 Å². The Kier molecular flexibility index (Phi) is 5.06. The highest BCUT2D eigenvalue weighted by Crippen LogP contribution is 2.06. The van der Waals surface area contributed by atoms with Crippen molar-refractivity contribution in [3.05, 3.63) is 5.28 Å². The lowest BCUT2D eigenvalue weighted by Gasteiger charge is -2.05. The summed E-state index contributed by atoms with van der Waals surface area (Å²) >= 11 is 5.52. The second-order valence-corrected chi connectivity index (χ2v) is 3.02. The van der Waals surface area contributed by atoms with Gasteiger partial charge < -0.3 is 15.8 Å². The fourth-order valence-corrected chi connectivity index (χ4v) is 1.02. The van der Waals surface area contributed by atoms with E-state index in [2.05, 4.69) is 25.0 Å². The van der Waals surface area contributed by atoms with E-state index in [1.807, 2.05) is 0 Å². The standard InChI is InChI=1S/C7H10ClF2N5O/c8-5-13-6(11)15-7(14-5)12-1-2-16-3-4(9)10/h4H,1-3H2,(H3,11,12,13,14,15). The van der Waals surface area contributed by atoms with Gasteiger partial charge in [0, 0.05) is 6.54 Å². The number of anilines is 2. The van der Waals surface area contributed by atoms with Gasteiger partial charge in [0.15, 0.2) is 0 Å². The van der Waals surface area contributed by atoms with Crippen LogP contribution in [0.1, 0.15) is 0 Å². The quantitative estimate of drug-likeness (QED) is 0.730. The third-order valence-corrected chi connectivity index (χ3v) is 1.57. The summed E-state index contributed by atoms with van der Waals surface area (Å²) in [7, 11) is 0. The number of nitrogens with one attached hydrogen (secondary N) is 1. The molecule has 1 aromatic rings. The van der Waals surface area contributed by atoms with Crippen molar-refractivity contribution in [2.75, 3.05) is 30.8 Å². The van der Waals surface area contributed by atoms with Gasteiger partial charge in [0.05, 0.1) is 6.61 Å². The minimum absolute atomic E-state index is 0.0176. The zero-order chi connectivity index (χ0) is 12.0. The van der Waals surface area contributed by atoms with Gasteiger partial charge in [-0.15, -0.1) is 0 Å². The Bertz CT molecular complexity index is 320. The first kappa shape index (κ1) is 12.8. The molecule has 3 N–H and O–H groups in total. The van der Waals surface area contributed by atoms with E-state index in [1.165, 1.54) is 0 Å². The molecule has 0 saturated carbocycles. The lowest BCUT2D eigenvalue weighted by Crippen LogP contribution is -2.15. The van der Waals surface area contributed by atoms with Crippen molar-refractivity contribution in [3.63, 3.8) is 0 Å². The Morgan fingerprint density at radius 1 is 1.38 bits per heavy atom. The van der Waals surface area contributed by atoms with Crippen molar-refractivity contribution in [2.24, 2.45) is 0 Å². The number of nitrogens with zero attached hydrogens (tertiary/aromatic N) is 3. The molecule has 0 spiro atoms. The van der Waals surface area contributed by atoms with Crippen molar-refractivity contribution in [3.8, 4) is 0 Å². The third kappa shape index (κ3) is 4.99. The molecule has 0 saturated heterocycles. The van der Waals surface area contributed by atoms with Crippen LogP contribution in [0.15, 0.2) is 0 Å². The van der Waals surface area contributed by atoms with E-state index < -0.39 is 13.0 Å². The van der Waals surface area contributed by atoms with E-state index in [-0.39, 0.29) is 30.3 Å². The second-order valence-electron chi connectivity index (χ2n) is 2.68. The number of halogens is 3. The topological polar surface area (TPSA) is 86.0 Å². The molecule has 0 radical (unpaired) electrons. The highest BCUT2D eigenvalue weighted by atomic mass is 35.5. The van der Waals surface area contributed by atoms with E-state index in [0.717, 1.165) is 0 Å². The SMILES string of the molecule is Nc1nc(Cl)nc(NCCOCC(F)F)n1. The largest absolute Gasteiger partial charge is 0.374 e. The first-order valence-corrected chi connectivity index (χ1v) is 4.72. The molecule has 0 aliphatic rings. The van der Waals surface area contributed by atoms with Gasteiger partial charge >= 0.3 is 0 Å². The van der Waals surface area contributed by atoms with Crippen molar-refractivity contribution in [1.29, 1.82) is 0 Å². The molecule has 1 heterocycles. The lowest BCUT2D eigenvalue weighted by molar-refractivity contribution is 0.0214. The molecule has 0 aliphatic carbocycles. The molecule has 0 bridgehead atoms. The lowest BCUT2D eigenvalue weighted by atomic mass is 10.6. The predicted molar refractivity (Wildman–Crippen MR) is 54.6 cm³/mol. The third-order valence-electron chi connectivity index (χ3n) is 1.40. The van der Waals surface area contributed by atoms with Crippen LogP contribution in [0.5, 0.6) is 0 Å². The molecular weight excluding hydrogens is 244 g/mol. The first-order valence-electron chi connectivity index (χ1n) is 4.34. The number of hydrogen-bond acceptors (Lipinski definition) is 6. The molecular formula is C7H10ClF2N5O. The molecule has 90 valence electrons. The summed E-state index contributed by atoms with van der Waals surface area (Å²) in [4.78, 5) is 11.0. The van der Waals surface area contributed by atoms with Crippen LogP contribution in [0.3, 0.4) is 0 Å². The fourth-order valence-electron chi connectivity index (χ4n) is 0.852. The van der Waals surface area contributed by atoms with Crippen LogP contribution in [0.2, 0.25) is 5.28 Å². The number of aromatic nitrogens is 3. The summed E-state index contributed by atoms with van der Waals surface area (Å²) in [5, 5.41) is 2.67. The van der Waals surface area contributed by atoms with Crippen molar-refractivity contribution < 1.29 is 13.5 Å². The van der Waals surface area contributed by atoms with Gasteiger partial charge in [-0.1, -0.05) is 0 Å². The van der Waals surface area contributed by atoms with Crippen LogP contribution in [0, 0.1) is 0 Å². The molecule has 0 fully saturated rings. The second kappa shape index (κ2) is 6.33. The number of nitrogens with two attached hydrogens (primary N) is 1. The van der Waals surface area contributed by atoms with E-state index in [4.69, 9.17) is 17.3 Å². The van der Waals surface area contributed by atoms with Gasteiger partial charge in [-0.05, 0) is 11.6 Å². The predicted octanol–water partition coefficient (Wildman–Crippen LogP) is 0.801. The summed E-state index contributed by atoms with van der Waals surface area (Å²) in [6.07, 6.45) is -2.47. The smallest absolute Gasteiger partial charge is 0.261 e. The maximum absolute atomic E-state index is 11.7. The number of rotatable bonds is 6. The van der Waals surface area contributed by atoms with Crippen LogP contribution in [0.25, 0.3) is 0 Å². The zero-order valence-corrected chi connectivity index (χ0v) is 8.92. The van der Waals surface area contributed by atoms with E-state index >= 15 is 0 Å². The molecule has 0 aromatic carbocycles. The van der Waals surface area contributed by atoms with Gasteiger partial charge in [-0.3, -0.25) is 0 Å². The summed E-state index contributed by atoms with van der Waals surface area (Å²) in [5.74, 6) is 0.161. The minimum Gasteiger partial charge on any atom is -0.374 e. The number of alkyl halides is 2. The average Bonchev–Trinajstić information content (AvgIpc) is 2.15. The summed E-state index contributed by atoms with van der Waals surface area (Å²) < 4.78 is 28.0. The van der Waals surface area contributed by atoms with Crippen LogP contribution in [-0.2, 0) is 4.74 Å². The fraction of sp³-hybridized carbons (Fsp3) is 0.571. The van der Waals surface area contributed by atoms with Gasteiger partial charge in [0.1, 0.15) is 6.61 Å². The average molecular weight is 254 g/mol. The molecule has 16 heavy (non-hydrogen) atoms. The normalized spacial score (nSPS) is 10.8. The molecule has 0 unspecified atom stereocenters. The van der Waals surface area contributed by atoms with Gasteiger partial charge in [0.2, 0.25) is 17.2 Å². The van der Waals surface area contributed by atoms with Crippen molar-refractivity contribution >= 4 is 23.5 Å². The van der Waals surface area contributed by atoms with Crippen LogP contribution < -0.4 is 11.1 Å². The Morgan fingerprint density at radius 3 is 2.75 bits per heavy atom. The zero-order valence-electron chi connectivity index (χ0n) is 8.16. The molecule has 0 amide bonds. The summed E-state index contributed by atoms with van der Waals surface area (Å²) in [6, 6.07) is 0. The first-order chi connectivity index (χ1) is 7.58. The maximum atomic E-state index is 11.7. The van der Waals surface area contributed by atoms with Crippen LogP contribution in [0.4, 0.5) is 20.7 Å². The van der Waals surface area contributed by atoms with Gasteiger partial charge in [0.25, 0.3) is 6.43 Å². The van der Waals surface area contributed by atoms with Crippen molar-refractivity contribution in [2.45, 2.75) is 6.43 Å². The maximum Gasteiger partial charge on any atom is 0.261 e. The molecule has 1 rings (SSSR count).